The molecular weight excluding hydrogens is 228 g/mol. The molecule has 0 atom stereocenters. The van der Waals surface area contributed by atoms with E-state index in [2.05, 4.69) is 47.5 Å². The molecule has 1 fully saturated rings. The molecule has 1 saturated carbocycles. The fraction of sp³-hybridized carbons (Fsp3) is 0.500. The Labute approximate surface area is 109 Å². The van der Waals surface area contributed by atoms with Crippen LogP contribution in [0.4, 0.5) is 0 Å². The molecule has 0 saturated heterocycles. The van der Waals surface area contributed by atoms with Crippen LogP contribution in [-0.4, -0.2) is 22.6 Å². The maximum absolute atomic E-state index is 5.47. The molecule has 3 heteroatoms. The zero-order valence-corrected chi connectivity index (χ0v) is 11.2. The highest BCUT2D eigenvalue weighted by molar-refractivity contribution is 7.80. The van der Waals surface area contributed by atoms with Gasteiger partial charge in [-0.15, -0.1) is 0 Å². The molecule has 0 aromatic heterocycles. The van der Waals surface area contributed by atoms with Crippen molar-refractivity contribution in [3.05, 3.63) is 35.9 Å². The molecule has 0 bridgehead atoms. The Hall–Kier alpha value is -1.09. The lowest BCUT2D eigenvalue weighted by atomic mass is 10.2. The van der Waals surface area contributed by atoms with E-state index in [1.807, 2.05) is 0 Å². The van der Waals surface area contributed by atoms with Gasteiger partial charge < -0.3 is 10.2 Å². The van der Waals surface area contributed by atoms with Crippen molar-refractivity contribution in [1.82, 2.24) is 10.2 Å². The Bertz CT molecular complexity index is 360. The van der Waals surface area contributed by atoms with Gasteiger partial charge in [-0.1, -0.05) is 37.3 Å². The van der Waals surface area contributed by atoms with E-state index >= 15 is 0 Å². The van der Waals surface area contributed by atoms with Gasteiger partial charge in [-0.05, 0) is 37.0 Å². The number of rotatable bonds is 5. The highest BCUT2D eigenvalue weighted by Gasteiger charge is 2.30. The van der Waals surface area contributed by atoms with Crippen molar-refractivity contribution in [2.45, 2.75) is 38.8 Å². The average molecular weight is 248 g/mol. The monoisotopic (exact) mass is 248 g/mol. The number of benzene rings is 1. The molecule has 1 aromatic carbocycles. The van der Waals surface area contributed by atoms with Crippen molar-refractivity contribution in [2.24, 2.45) is 0 Å². The summed E-state index contributed by atoms with van der Waals surface area (Å²) in [5.41, 5.74) is 1.33. The third kappa shape index (κ3) is 3.70. The molecule has 2 rings (SSSR count). The van der Waals surface area contributed by atoms with Crippen LogP contribution in [0.3, 0.4) is 0 Å². The van der Waals surface area contributed by atoms with Gasteiger partial charge in [0, 0.05) is 19.1 Å². The Morgan fingerprint density at radius 3 is 2.65 bits per heavy atom. The summed E-state index contributed by atoms with van der Waals surface area (Å²) in [4.78, 5) is 2.33. The lowest BCUT2D eigenvalue weighted by molar-refractivity contribution is 0.396. The van der Waals surface area contributed by atoms with Crippen LogP contribution in [0.25, 0.3) is 0 Å². The lowest BCUT2D eigenvalue weighted by Crippen LogP contribution is -2.40. The van der Waals surface area contributed by atoms with Crippen LogP contribution in [0.5, 0.6) is 0 Å². The number of nitrogens with zero attached hydrogens (tertiary/aromatic N) is 1. The molecule has 0 spiro atoms. The first-order chi connectivity index (χ1) is 8.31. The van der Waals surface area contributed by atoms with E-state index in [1.165, 1.54) is 18.4 Å². The van der Waals surface area contributed by atoms with Gasteiger partial charge in [0.2, 0.25) is 0 Å². The first-order valence-corrected chi connectivity index (χ1v) is 6.80. The minimum absolute atomic E-state index is 0.659. The summed E-state index contributed by atoms with van der Waals surface area (Å²) < 4.78 is 0. The average Bonchev–Trinajstić information content (AvgIpc) is 3.18. The Kier molecular flexibility index (Phi) is 4.37. The van der Waals surface area contributed by atoms with Crippen molar-refractivity contribution in [3.8, 4) is 0 Å². The summed E-state index contributed by atoms with van der Waals surface area (Å²) in [6.07, 6.45) is 3.67. The maximum atomic E-state index is 5.47. The summed E-state index contributed by atoms with van der Waals surface area (Å²) in [6.45, 7) is 4.06. The van der Waals surface area contributed by atoms with Crippen LogP contribution in [0, 0.1) is 0 Å². The van der Waals surface area contributed by atoms with Crippen molar-refractivity contribution in [3.63, 3.8) is 0 Å². The van der Waals surface area contributed by atoms with Crippen LogP contribution in [0.2, 0.25) is 0 Å². The van der Waals surface area contributed by atoms with Crippen LogP contribution in [0.1, 0.15) is 31.7 Å². The number of hydrogen-bond donors (Lipinski definition) is 1. The third-order valence-electron chi connectivity index (χ3n) is 2.97. The minimum Gasteiger partial charge on any atom is -0.363 e. The van der Waals surface area contributed by atoms with Crippen molar-refractivity contribution in [1.29, 1.82) is 0 Å². The quantitative estimate of drug-likeness (QED) is 0.807. The molecule has 1 N–H and O–H groups in total. The second kappa shape index (κ2) is 6.01. The lowest BCUT2D eigenvalue weighted by Gasteiger charge is -2.25. The van der Waals surface area contributed by atoms with E-state index in [4.69, 9.17) is 12.2 Å². The van der Waals surface area contributed by atoms with Crippen LogP contribution in [0.15, 0.2) is 30.3 Å². The van der Waals surface area contributed by atoms with Crippen molar-refractivity contribution < 1.29 is 0 Å². The minimum atomic E-state index is 0.659. The van der Waals surface area contributed by atoms with Gasteiger partial charge in [0.25, 0.3) is 0 Å². The van der Waals surface area contributed by atoms with E-state index in [9.17, 15) is 0 Å². The van der Waals surface area contributed by atoms with Crippen molar-refractivity contribution >= 4 is 17.3 Å². The molecule has 1 aliphatic carbocycles. The van der Waals surface area contributed by atoms with Crippen molar-refractivity contribution in [2.75, 3.05) is 6.54 Å². The molecule has 0 heterocycles. The van der Waals surface area contributed by atoms with E-state index in [1.54, 1.807) is 0 Å². The van der Waals surface area contributed by atoms with E-state index in [0.717, 1.165) is 24.6 Å². The van der Waals surface area contributed by atoms with E-state index in [-0.39, 0.29) is 0 Å². The van der Waals surface area contributed by atoms with Gasteiger partial charge >= 0.3 is 0 Å². The van der Waals surface area contributed by atoms with Gasteiger partial charge in [0.1, 0.15) is 0 Å². The topological polar surface area (TPSA) is 15.3 Å². The Morgan fingerprint density at radius 2 is 2.06 bits per heavy atom. The van der Waals surface area contributed by atoms with Gasteiger partial charge in [0.15, 0.2) is 5.11 Å². The number of nitrogens with one attached hydrogen (secondary N) is 1. The normalized spacial score (nSPS) is 14.4. The summed E-state index contributed by atoms with van der Waals surface area (Å²) in [6, 6.07) is 11.2. The molecule has 0 radical (unpaired) electrons. The Balaban J connectivity index is 1.95. The highest BCUT2D eigenvalue weighted by atomic mass is 32.1. The zero-order valence-electron chi connectivity index (χ0n) is 10.4. The Morgan fingerprint density at radius 1 is 1.35 bits per heavy atom. The first kappa shape index (κ1) is 12.4. The summed E-state index contributed by atoms with van der Waals surface area (Å²) in [7, 11) is 0. The number of thiocarbonyl (C=S) groups is 1. The molecule has 0 amide bonds. The smallest absolute Gasteiger partial charge is 0.169 e. The van der Waals surface area contributed by atoms with Gasteiger partial charge in [-0.2, -0.15) is 0 Å². The summed E-state index contributed by atoms with van der Waals surface area (Å²) >= 11 is 5.47. The second-order valence-electron chi connectivity index (χ2n) is 4.58. The fourth-order valence-corrected chi connectivity index (χ4v) is 2.18. The molecule has 17 heavy (non-hydrogen) atoms. The first-order valence-electron chi connectivity index (χ1n) is 6.39. The maximum Gasteiger partial charge on any atom is 0.169 e. The predicted octanol–water partition coefficient (Wildman–Crippen LogP) is 2.94. The zero-order chi connectivity index (χ0) is 12.1. The van der Waals surface area contributed by atoms with Gasteiger partial charge in [-0.25, -0.2) is 0 Å². The van der Waals surface area contributed by atoms with Gasteiger partial charge in [-0.3, -0.25) is 0 Å². The van der Waals surface area contributed by atoms with Crippen LogP contribution >= 0.6 is 12.2 Å². The predicted molar refractivity (Wildman–Crippen MR) is 75.9 cm³/mol. The van der Waals surface area contributed by atoms with E-state index < -0.39 is 0 Å². The standard InChI is InChI=1S/C14H20N2S/c1-2-10-15-14(17)16(13-8-9-13)11-12-6-4-3-5-7-12/h3-7,13H,2,8-11H2,1H3,(H,15,17). The van der Waals surface area contributed by atoms with E-state index in [0.29, 0.717) is 6.04 Å². The molecule has 1 aliphatic rings. The molecule has 1 aromatic rings. The molecule has 0 aliphatic heterocycles. The highest BCUT2D eigenvalue weighted by Crippen LogP contribution is 2.28. The SMILES string of the molecule is CCCNC(=S)N(Cc1ccccc1)C1CC1. The molecule has 92 valence electrons. The molecule has 0 unspecified atom stereocenters. The van der Waals surface area contributed by atoms with Crippen LogP contribution in [-0.2, 0) is 6.54 Å². The molecule has 2 nitrogen and oxygen atoms in total. The van der Waals surface area contributed by atoms with Crippen LogP contribution < -0.4 is 5.32 Å². The summed E-state index contributed by atoms with van der Waals surface area (Å²) in [5, 5.41) is 4.25. The molecular formula is C14H20N2S. The largest absolute Gasteiger partial charge is 0.363 e. The van der Waals surface area contributed by atoms with Gasteiger partial charge in [0.05, 0.1) is 0 Å². The summed E-state index contributed by atoms with van der Waals surface area (Å²) in [5.74, 6) is 0. The third-order valence-corrected chi connectivity index (χ3v) is 3.35. The second-order valence-corrected chi connectivity index (χ2v) is 4.96. The fourth-order valence-electron chi connectivity index (χ4n) is 1.87. The number of hydrogen-bond acceptors (Lipinski definition) is 1.